The fraction of sp³-hybridized carbons (Fsp3) is 0.520. The monoisotopic (exact) mass is 456 g/mol. The Balaban J connectivity index is 1.50. The second kappa shape index (κ2) is 7.55. The molecule has 1 atom stereocenters. The Bertz CT molecular complexity index is 1180. The number of halogens is 1. The smallest absolute Gasteiger partial charge is 0.254 e. The maximum Gasteiger partial charge on any atom is 0.254 e. The molecule has 1 aromatic heterocycles. The van der Waals surface area contributed by atoms with Crippen molar-refractivity contribution >= 4 is 17.5 Å². The molecular formula is C25H29ClN2O4. The lowest BCUT2D eigenvalue weighted by Crippen LogP contribution is -2.42. The van der Waals surface area contributed by atoms with Crippen LogP contribution in [0.2, 0.25) is 5.02 Å². The number of fused-ring (bicyclic) bond motifs is 2. The van der Waals surface area contributed by atoms with E-state index in [0.29, 0.717) is 46.5 Å². The minimum Gasteiger partial charge on any atom is -0.448 e. The fourth-order valence-electron chi connectivity index (χ4n) is 5.56. The van der Waals surface area contributed by atoms with Crippen LogP contribution in [0, 0.1) is 26.7 Å². The van der Waals surface area contributed by atoms with Gasteiger partial charge in [0, 0.05) is 36.2 Å². The number of ether oxygens (including phenoxy) is 2. The molecule has 6 nitrogen and oxygen atoms in total. The molecule has 7 heteroatoms. The number of nitrogens with one attached hydrogen (secondary N) is 1. The molecule has 2 aromatic rings. The van der Waals surface area contributed by atoms with Gasteiger partial charge in [0.2, 0.25) is 0 Å². The molecule has 5 rings (SSSR count). The minimum atomic E-state index is -0.744. The predicted molar refractivity (Wildman–Crippen MR) is 123 cm³/mol. The van der Waals surface area contributed by atoms with E-state index in [-0.39, 0.29) is 18.0 Å². The average molecular weight is 457 g/mol. The largest absolute Gasteiger partial charge is 0.448 e. The normalized spacial score (nSPS) is 22.5. The molecule has 2 aliphatic heterocycles. The van der Waals surface area contributed by atoms with Crippen LogP contribution < -0.4 is 15.0 Å². The Morgan fingerprint density at radius 3 is 2.53 bits per heavy atom. The van der Waals surface area contributed by atoms with Gasteiger partial charge in [-0.2, -0.15) is 0 Å². The standard InChI is InChI=1S/C25H29ClN2O4/c1-13-11-14(2)27-23(29)18(13)12-28-10-9-17-19(24(28)30)15(3)21-22(20(17)26)32-25(4,31-21)16-7-5-6-8-16/h11,16H,5-10,12H2,1-4H3,(H,27,29). The van der Waals surface area contributed by atoms with Crippen LogP contribution >= 0.6 is 11.6 Å². The molecular weight excluding hydrogens is 428 g/mol. The Labute approximate surface area is 192 Å². The number of hydrogen-bond donors (Lipinski definition) is 1. The van der Waals surface area contributed by atoms with Crippen LogP contribution in [-0.2, 0) is 13.0 Å². The van der Waals surface area contributed by atoms with Gasteiger partial charge in [0.05, 0.1) is 17.1 Å². The van der Waals surface area contributed by atoms with Crippen LogP contribution in [0.4, 0.5) is 0 Å². The number of aromatic nitrogens is 1. The Morgan fingerprint density at radius 2 is 1.84 bits per heavy atom. The first-order valence-corrected chi connectivity index (χ1v) is 11.8. The summed E-state index contributed by atoms with van der Waals surface area (Å²) in [7, 11) is 0. The predicted octanol–water partition coefficient (Wildman–Crippen LogP) is 4.83. The van der Waals surface area contributed by atoms with Gasteiger partial charge < -0.3 is 19.4 Å². The summed E-state index contributed by atoms with van der Waals surface area (Å²) in [6.07, 6.45) is 5.10. The Morgan fingerprint density at radius 1 is 1.16 bits per heavy atom. The maximum atomic E-state index is 13.6. The second-order valence-electron chi connectivity index (χ2n) is 9.57. The number of benzene rings is 1. The van der Waals surface area contributed by atoms with E-state index in [1.165, 1.54) is 12.8 Å². The third kappa shape index (κ3) is 3.22. The van der Waals surface area contributed by atoms with Gasteiger partial charge >= 0.3 is 0 Å². The van der Waals surface area contributed by atoms with Gasteiger partial charge in [-0.3, -0.25) is 9.59 Å². The number of carbonyl (C=O) groups excluding carboxylic acids is 1. The lowest BCUT2D eigenvalue weighted by atomic mass is 9.93. The number of nitrogens with zero attached hydrogens (tertiary/aromatic N) is 1. The van der Waals surface area contributed by atoms with E-state index in [4.69, 9.17) is 21.1 Å². The van der Waals surface area contributed by atoms with E-state index < -0.39 is 5.79 Å². The average Bonchev–Trinajstić information content (AvgIpc) is 3.39. The van der Waals surface area contributed by atoms with Crippen molar-refractivity contribution in [2.45, 2.75) is 72.1 Å². The lowest BCUT2D eigenvalue weighted by molar-refractivity contribution is -0.108. The van der Waals surface area contributed by atoms with Gasteiger partial charge in [-0.15, -0.1) is 0 Å². The molecule has 1 amide bonds. The molecule has 1 aromatic carbocycles. The third-order valence-electron chi connectivity index (χ3n) is 7.37. The molecule has 32 heavy (non-hydrogen) atoms. The Kier molecular flexibility index (Phi) is 5.04. The minimum absolute atomic E-state index is 0.120. The SMILES string of the molecule is Cc1cc(C)c(CN2CCc3c(Cl)c4c(c(C)c3C2=O)OC(C)(C2CCCC2)O4)c(=O)[nH]1. The van der Waals surface area contributed by atoms with Crippen molar-refractivity contribution in [3.8, 4) is 11.5 Å². The fourth-order valence-corrected chi connectivity index (χ4v) is 5.88. The molecule has 3 aliphatic rings. The van der Waals surface area contributed by atoms with E-state index in [1.807, 2.05) is 33.8 Å². The van der Waals surface area contributed by atoms with Gasteiger partial charge in [0.25, 0.3) is 17.3 Å². The van der Waals surface area contributed by atoms with Crippen molar-refractivity contribution in [3.05, 3.63) is 55.0 Å². The summed E-state index contributed by atoms with van der Waals surface area (Å²) in [5.41, 5.74) is 4.34. The number of aromatic amines is 1. The van der Waals surface area contributed by atoms with Crippen LogP contribution in [0.1, 0.15) is 70.9 Å². The highest BCUT2D eigenvalue weighted by molar-refractivity contribution is 6.34. The molecule has 0 radical (unpaired) electrons. The molecule has 1 unspecified atom stereocenters. The molecule has 0 saturated heterocycles. The molecule has 1 saturated carbocycles. The highest BCUT2D eigenvalue weighted by Crippen LogP contribution is 2.54. The molecule has 1 N–H and O–H groups in total. The topological polar surface area (TPSA) is 71.6 Å². The van der Waals surface area contributed by atoms with Crippen molar-refractivity contribution < 1.29 is 14.3 Å². The van der Waals surface area contributed by atoms with Crippen LogP contribution in [0.5, 0.6) is 11.5 Å². The van der Waals surface area contributed by atoms with Crippen molar-refractivity contribution in [2.75, 3.05) is 6.54 Å². The van der Waals surface area contributed by atoms with E-state index in [9.17, 15) is 9.59 Å². The zero-order chi connectivity index (χ0) is 22.8. The number of carbonyl (C=O) groups is 1. The van der Waals surface area contributed by atoms with E-state index in [0.717, 1.165) is 35.2 Å². The zero-order valence-electron chi connectivity index (χ0n) is 19.1. The van der Waals surface area contributed by atoms with Crippen LogP contribution in [-0.4, -0.2) is 28.1 Å². The lowest BCUT2D eigenvalue weighted by Gasteiger charge is -2.31. The second-order valence-corrected chi connectivity index (χ2v) is 9.95. The van der Waals surface area contributed by atoms with Crippen LogP contribution in [0.15, 0.2) is 10.9 Å². The van der Waals surface area contributed by atoms with Crippen LogP contribution in [0.3, 0.4) is 0 Å². The quantitative estimate of drug-likeness (QED) is 0.718. The van der Waals surface area contributed by atoms with Gasteiger partial charge in [-0.05, 0) is 57.2 Å². The number of amides is 1. The number of rotatable bonds is 3. The van der Waals surface area contributed by atoms with Gasteiger partial charge in [0.1, 0.15) is 0 Å². The van der Waals surface area contributed by atoms with Crippen LogP contribution in [0.25, 0.3) is 0 Å². The molecule has 170 valence electrons. The van der Waals surface area contributed by atoms with E-state index in [2.05, 4.69) is 4.98 Å². The summed E-state index contributed by atoms with van der Waals surface area (Å²) < 4.78 is 12.7. The van der Waals surface area contributed by atoms with Crippen molar-refractivity contribution in [3.63, 3.8) is 0 Å². The number of aryl methyl sites for hydroxylation is 2. The van der Waals surface area contributed by atoms with Crippen molar-refractivity contribution in [1.82, 2.24) is 9.88 Å². The summed E-state index contributed by atoms with van der Waals surface area (Å²) in [5.74, 6) is 0.607. The molecule has 0 spiro atoms. The summed E-state index contributed by atoms with van der Waals surface area (Å²) >= 11 is 6.79. The van der Waals surface area contributed by atoms with Crippen molar-refractivity contribution in [1.29, 1.82) is 0 Å². The first-order chi connectivity index (χ1) is 15.2. The molecule has 3 heterocycles. The van der Waals surface area contributed by atoms with E-state index >= 15 is 0 Å². The number of H-pyrrole nitrogens is 1. The van der Waals surface area contributed by atoms with Crippen molar-refractivity contribution in [2.24, 2.45) is 5.92 Å². The maximum absolute atomic E-state index is 13.6. The summed E-state index contributed by atoms with van der Waals surface area (Å²) in [4.78, 5) is 30.6. The highest BCUT2D eigenvalue weighted by Gasteiger charge is 2.48. The summed E-state index contributed by atoms with van der Waals surface area (Å²) in [6, 6.07) is 1.93. The molecule has 0 bridgehead atoms. The number of hydrogen-bond acceptors (Lipinski definition) is 4. The summed E-state index contributed by atoms with van der Waals surface area (Å²) in [5, 5.41) is 0.486. The Hall–Kier alpha value is -2.47. The van der Waals surface area contributed by atoms with Gasteiger partial charge in [-0.1, -0.05) is 24.4 Å². The van der Waals surface area contributed by atoms with Gasteiger partial charge in [-0.25, -0.2) is 0 Å². The first-order valence-electron chi connectivity index (χ1n) is 11.4. The zero-order valence-corrected chi connectivity index (χ0v) is 19.8. The third-order valence-corrected chi connectivity index (χ3v) is 7.77. The highest BCUT2D eigenvalue weighted by atomic mass is 35.5. The molecule has 1 aliphatic carbocycles. The van der Waals surface area contributed by atoms with Gasteiger partial charge in [0.15, 0.2) is 11.5 Å². The summed E-state index contributed by atoms with van der Waals surface area (Å²) in [6.45, 7) is 8.42. The van der Waals surface area contributed by atoms with E-state index in [1.54, 1.807) is 4.90 Å². The first kappa shape index (κ1) is 21.4. The number of pyridine rings is 1. The molecule has 1 fully saturated rings.